The number of amides is 5. The van der Waals surface area contributed by atoms with Crippen molar-refractivity contribution in [1.82, 2.24) is 15.5 Å². The van der Waals surface area contributed by atoms with Gasteiger partial charge in [0, 0.05) is 18.7 Å². The third-order valence-electron chi connectivity index (χ3n) is 5.00. The molecule has 186 valence electrons. The minimum absolute atomic E-state index is 0.223. The van der Waals surface area contributed by atoms with Gasteiger partial charge in [0.25, 0.3) is 5.91 Å². The largest absolute Gasteiger partial charge is 0.347 e. The summed E-state index contributed by atoms with van der Waals surface area (Å²) in [5.74, 6) is -1.45. The Bertz CT molecular complexity index is 851. The van der Waals surface area contributed by atoms with Gasteiger partial charge in [0.05, 0.1) is 6.54 Å². The number of carbonyl (C=O) groups excluding carboxylic acids is 5. The molecule has 1 rings (SSSR count). The lowest BCUT2D eigenvalue weighted by Crippen LogP contribution is -2.45. The first-order chi connectivity index (χ1) is 16.3. The van der Waals surface area contributed by atoms with Crippen molar-refractivity contribution >= 4 is 35.7 Å². The van der Waals surface area contributed by atoms with Crippen molar-refractivity contribution in [2.45, 2.75) is 65.3 Å². The van der Waals surface area contributed by atoms with Crippen molar-refractivity contribution in [2.75, 3.05) is 18.4 Å². The number of nitrogens with one attached hydrogen (secondary N) is 3. The Morgan fingerprint density at radius 3 is 2.35 bits per heavy atom. The molecule has 5 amide bonds. The van der Waals surface area contributed by atoms with Crippen LogP contribution in [0, 0.1) is 0 Å². The first kappa shape index (κ1) is 28.5. The maximum absolute atomic E-state index is 12.3. The van der Waals surface area contributed by atoms with E-state index in [9.17, 15) is 24.0 Å². The monoisotopic (exact) mass is 472 g/mol. The molecule has 0 aliphatic carbocycles. The molecule has 0 radical (unpaired) electrons. The molecule has 1 atom stereocenters. The predicted molar refractivity (Wildman–Crippen MR) is 131 cm³/mol. The molecule has 0 heterocycles. The summed E-state index contributed by atoms with van der Waals surface area (Å²) in [7, 11) is 0. The third kappa shape index (κ3) is 11.4. The molecular formula is C25H36N4O5. The average Bonchev–Trinajstić information content (AvgIpc) is 2.81. The highest BCUT2D eigenvalue weighted by atomic mass is 16.2. The normalized spacial score (nSPS) is 11.5. The van der Waals surface area contributed by atoms with Crippen LogP contribution in [0.5, 0.6) is 0 Å². The summed E-state index contributed by atoms with van der Waals surface area (Å²) in [6.45, 7) is 5.44. The summed E-state index contributed by atoms with van der Waals surface area (Å²) >= 11 is 0. The summed E-state index contributed by atoms with van der Waals surface area (Å²) in [5, 5.41) is 7.85. The number of hydrogen-bond acceptors (Lipinski definition) is 5. The quantitative estimate of drug-likeness (QED) is 0.205. The standard InChI is InChI=1S/C25H36N4O5/c1-4-9-20-12-14-21(15-13-20)28-25(34)19(3)27-23(32)17-26-22(31)11-7-6-8-16-29(18-30)24(33)10-5-2/h5,10,12-15,18-19H,4,6-9,11,16-17H2,1-3H3,(H,26,31)(H,27,32)(H,28,34)/b10-5-. The van der Waals surface area contributed by atoms with E-state index in [1.54, 1.807) is 19.9 Å². The van der Waals surface area contributed by atoms with E-state index in [4.69, 9.17) is 0 Å². The maximum Gasteiger partial charge on any atom is 0.252 e. The molecular weight excluding hydrogens is 436 g/mol. The zero-order valence-electron chi connectivity index (χ0n) is 20.3. The minimum atomic E-state index is -0.759. The molecule has 1 aromatic carbocycles. The fourth-order valence-electron chi connectivity index (χ4n) is 3.12. The Kier molecular flexibility index (Phi) is 13.6. The van der Waals surface area contributed by atoms with E-state index in [1.807, 2.05) is 24.3 Å². The fraction of sp³-hybridized carbons (Fsp3) is 0.480. The van der Waals surface area contributed by atoms with Crippen LogP contribution in [0.2, 0.25) is 0 Å². The summed E-state index contributed by atoms with van der Waals surface area (Å²) < 4.78 is 0. The van der Waals surface area contributed by atoms with E-state index in [0.717, 1.165) is 17.7 Å². The van der Waals surface area contributed by atoms with Gasteiger partial charge in [0.1, 0.15) is 6.04 Å². The van der Waals surface area contributed by atoms with Gasteiger partial charge in [0.15, 0.2) is 0 Å². The first-order valence-corrected chi connectivity index (χ1v) is 11.6. The topological polar surface area (TPSA) is 125 Å². The fourth-order valence-corrected chi connectivity index (χ4v) is 3.12. The lowest BCUT2D eigenvalue weighted by Gasteiger charge is -2.15. The molecule has 1 unspecified atom stereocenters. The van der Waals surface area contributed by atoms with Gasteiger partial charge in [-0.15, -0.1) is 0 Å². The van der Waals surface area contributed by atoms with Gasteiger partial charge in [-0.05, 0) is 56.9 Å². The van der Waals surface area contributed by atoms with Gasteiger partial charge in [0.2, 0.25) is 24.1 Å². The van der Waals surface area contributed by atoms with Crippen molar-refractivity contribution in [1.29, 1.82) is 0 Å². The zero-order chi connectivity index (χ0) is 25.3. The van der Waals surface area contributed by atoms with Crippen molar-refractivity contribution in [3.8, 4) is 0 Å². The second-order valence-electron chi connectivity index (χ2n) is 7.95. The van der Waals surface area contributed by atoms with Gasteiger partial charge in [-0.2, -0.15) is 0 Å². The van der Waals surface area contributed by atoms with E-state index in [1.165, 1.54) is 11.6 Å². The Morgan fingerprint density at radius 1 is 1.03 bits per heavy atom. The van der Waals surface area contributed by atoms with Gasteiger partial charge in [-0.25, -0.2) is 0 Å². The molecule has 34 heavy (non-hydrogen) atoms. The van der Waals surface area contributed by atoms with Crippen LogP contribution < -0.4 is 16.0 Å². The number of rotatable bonds is 15. The summed E-state index contributed by atoms with van der Waals surface area (Å²) in [4.78, 5) is 59.9. The van der Waals surface area contributed by atoms with Crippen LogP contribution in [0.3, 0.4) is 0 Å². The van der Waals surface area contributed by atoms with Gasteiger partial charge >= 0.3 is 0 Å². The van der Waals surface area contributed by atoms with Gasteiger partial charge in [-0.3, -0.25) is 28.9 Å². The molecule has 0 fully saturated rings. The van der Waals surface area contributed by atoms with Crippen LogP contribution in [0.15, 0.2) is 36.4 Å². The van der Waals surface area contributed by atoms with Crippen molar-refractivity contribution in [3.05, 3.63) is 42.0 Å². The molecule has 0 aliphatic rings. The Morgan fingerprint density at radius 2 is 1.74 bits per heavy atom. The van der Waals surface area contributed by atoms with E-state index in [2.05, 4.69) is 22.9 Å². The number of benzene rings is 1. The molecule has 9 heteroatoms. The summed E-state index contributed by atoms with van der Waals surface area (Å²) in [5.41, 5.74) is 1.85. The number of aryl methyl sites for hydroxylation is 1. The number of unbranched alkanes of at least 4 members (excludes halogenated alkanes) is 2. The lowest BCUT2D eigenvalue weighted by molar-refractivity contribution is -0.134. The van der Waals surface area contributed by atoms with Crippen LogP contribution in [0.4, 0.5) is 5.69 Å². The van der Waals surface area contributed by atoms with E-state index < -0.39 is 11.9 Å². The van der Waals surface area contributed by atoms with Gasteiger partial charge in [-0.1, -0.05) is 38.0 Å². The predicted octanol–water partition coefficient (Wildman–Crippen LogP) is 2.32. The summed E-state index contributed by atoms with van der Waals surface area (Å²) in [6.07, 6.45) is 7.44. The second-order valence-corrected chi connectivity index (χ2v) is 7.95. The maximum atomic E-state index is 12.3. The van der Waals surface area contributed by atoms with Crippen LogP contribution in [-0.2, 0) is 30.4 Å². The highest BCUT2D eigenvalue weighted by Gasteiger charge is 2.16. The van der Waals surface area contributed by atoms with Crippen molar-refractivity contribution < 1.29 is 24.0 Å². The van der Waals surface area contributed by atoms with Crippen molar-refractivity contribution in [3.63, 3.8) is 0 Å². The number of hydrogen-bond donors (Lipinski definition) is 3. The van der Waals surface area contributed by atoms with Gasteiger partial charge < -0.3 is 16.0 Å². The highest BCUT2D eigenvalue weighted by Crippen LogP contribution is 2.11. The lowest BCUT2D eigenvalue weighted by atomic mass is 10.1. The molecule has 0 saturated heterocycles. The third-order valence-corrected chi connectivity index (χ3v) is 5.00. The van der Waals surface area contributed by atoms with Crippen LogP contribution in [0.1, 0.15) is 58.4 Å². The molecule has 0 aliphatic heterocycles. The molecule has 9 nitrogen and oxygen atoms in total. The van der Waals surface area contributed by atoms with E-state index in [-0.39, 0.29) is 30.7 Å². The van der Waals surface area contributed by atoms with E-state index >= 15 is 0 Å². The second kappa shape index (κ2) is 16.2. The molecule has 3 N–H and O–H groups in total. The molecule has 1 aromatic rings. The Labute approximate surface area is 201 Å². The number of carbonyl (C=O) groups is 5. The van der Waals surface area contributed by atoms with E-state index in [0.29, 0.717) is 37.9 Å². The van der Waals surface area contributed by atoms with Crippen LogP contribution in [0.25, 0.3) is 0 Å². The smallest absolute Gasteiger partial charge is 0.252 e. The number of allylic oxidation sites excluding steroid dienone is 1. The molecule has 0 saturated carbocycles. The SMILES string of the molecule is C/C=C\C(=O)N(C=O)CCCCCC(=O)NCC(=O)NC(C)C(=O)Nc1ccc(CCC)cc1. The zero-order valence-corrected chi connectivity index (χ0v) is 20.3. The highest BCUT2D eigenvalue weighted by molar-refractivity contribution is 5.97. The molecule has 0 spiro atoms. The van der Waals surface area contributed by atoms with Crippen molar-refractivity contribution in [2.24, 2.45) is 0 Å². The molecule has 0 aromatic heterocycles. The van der Waals surface area contributed by atoms with Crippen LogP contribution in [-0.4, -0.2) is 54.1 Å². The Balaban J connectivity index is 2.24. The average molecular weight is 473 g/mol. The van der Waals surface area contributed by atoms with Crippen LogP contribution >= 0.6 is 0 Å². The summed E-state index contributed by atoms with van der Waals surface area (Å²) in [6, 6.07) is 6.81. The minimum Gasteiger partial charge on any atom is -0.347 e. The Hall–Kier alpha value is -3.49. The number of imide groups is 1. The molecule has 0 bridgehead atoms. The first-order valence-electron chi connectivity index (χ1n) is 11.6. The number of anilines is 1. The number of nitrogens with zero attached hydrogens (tertiary/aromatic N) is 1.